The Hall–Kier alpha value is -3.58. The topological polar surface area (TPSA) is 38.8 Å². The lowest BCUT2D eigenvalue weighted by atomic mass is 9.81. The van der Waals surface area contributed by atoms with Crippen molar-refractivity contribution in [2.24, 2.45) is 0 Å². The van der Waals surface area contributed by atoms with Crippen LogP contribution in [0, 0.1) is 0 Å². The number of ether oxygens (including phenoxy) is 1. The summed E-state index contributed by atoms with van der Waals surface area (Å²) < 4.78 is 44.6. The summed E-state index contributed by atoms with van der Waals surface area (Å²) in [6.07, 6.45) is -4.42. The van der Waals surface area contributed by atoms with Crippen LogP contribution >= 0.6 is 0 Å². The largest absolute Gasteiger partial charge is 0.462 e. The summed E-state index contributed by atoms with van der Waals surface area (Å²) in [6, 6.07) is 21.1. The van der Waals surface area contributed by atoms with Gasteiger partial charge in [-0.05, 0) is 60.0 Å². The number of alkyl halides is 3. The molecule has 1 heterocycles. The zero-order chi connectivity index (χ0) is 24.3. The molecule has 0 aliphatic carbocycles. The Labute approximate surface area is 196 Å². The first kappa shape index (κ1) is 23.6. The first-order valence-corrected chi connectivity index (χ1v) is 10.9. The first-order chi connectivity index (χ1) is 16.3. The van der Waals surface area contributed by atoms with Crippen LogP contribution in [-0.4, -0.2) is 19.2 Å². The van der Waals surface area contributed by atoms with E-state index < -0.39 is 23.8 Å². The Morgan fingerprint density at radius 1 is 1.00 bits per heavy atom. The standard InChI is InChI=1S/C27H24F3NO3/c1-3-33-26(32)21-11-15-23(16-12-21)31-25(20-9-13-22(14-10-20)27(28,29)30)24(18(2)17-34-31)19-7-5-4-6-8-19/h4-16,24-25H,2-3,17H2,1H3/t24-,25-/m1/s1. The molecule has 3 aromatic rings. The normalized spacial score (nSPS) is 18.6. The van der Waals surface area contributed by atoms with E-state index in [0.717, 1.165) is 23.3 Å². The quantitative estimate of drug-likeness (QED) is 0.309. The molecule has 0 N–H and O–H groups in total. The van der Waals surface area contributed by atoms with Gasteiger partial charge in [0, 0.05) is 5.92 Å². The molecule has 1 aliphatic heterocycles. The zero-order valence-corrected chi connectivity index (χ0v) is 18.6. The molecule has 0 amide bonds. The van der Waals surface area contributed by atoms with Crippen molar-refractivity contribution in [1.29, 1.82) is 0 Å². The van der Waals surface area contributed by atoms with Gasteiger partial charge in [-0.3, -0.25) is 4.84 Å². The van der Waals surface area contributed by atoms with Gasteiger partial charge in [-0.25, -0.2) is 9.86 Å². The monoisotopic (exact) mass is 467 g/mol. The third-order valence-electron chi connectivity index (χ3n) is 5.77. The Morgan fingerprint density at radius 3 is 2.24 bits per heavy atom. The molecule has 34 heavy (non-hydrogen) atoms. The smallest absolute Gasteiger partial charge is 0.416 e. The third-order valence-corrected chi connectivity index (χ3v) is 5.77. The molecule has 1 saturated heterocycles. The molecule has 7 heteroatoms. The van der Waals surface area contributed by atoms with E-state index in [1.54, 1.807) is 36.3 Å². The van der Waals surface area contributed by atoms with Crippen molar-refractivity contribution in [1.82, 2.24) is 0 Å². The number of nitrogens with zero attached hydrogens (tertiary/aromatic N) is 1. The molecule has 0 aromatic heterocycles. The molecule has 1 fully saturated rings. The molecule has 0 bridgehead atoms. The number of carbonyl (C=O) groups excluding carboxylic acids is 1. The number of hydrogen-bond acceptors (Lipinski definition) is 4. The molecule has 176 valence electrons. The first-order valence-electron chi connectivity index (χ1n) is 10.9. The SMILES string of the molecule is C=C1CON(c2ccc(C(=O)OCC)cc2)[C@H](c2ccc(C(F)(F)F)cc2)[C@H]1c1ccccc1. The maximum absolute atomic E-state index is 13.2. The van der Waals surface area contributed by atoms with Crippen molar-refractivity contribution in [2.45, 2.75) is 25.1 Å². The fraction of sp³-hybridized carbons (Fsp3) is 0.222. The number of benzene rings is 3. The van der Waals surface area contributed by atoms with Gasteiger partial charge in [0.1, 0.15) is 0 Å². The van der Waals surface area contributed by atoms with Crippen LogP contribution in [0.2, 0.25) is 0 Å². The van der Waals surface area contributed by atoms with E-state index in [1.165, 1.54) is 12.1 Å². The minimum Gasteiger partial charge on any atom is -0.462 e. The molecule has 0 unspecified atom stereocenters. The van der Waals surface area contributed by atoms with Gasteiger partial charge < -0.3 is 4.74 Å². The van der Waals surface area contributed by atoms with Gasteiger partial charge in [0.05, 0.1) is 36.1 Å². The highest BCUT2D eigenvalue weighted by Crippen LogP contribution is 2.46. The molecule has 0 saturated carbocycles. The molecule has 2 atom stereocenters. The van der Waals surface area contributed by atoms with Crippen molar-refractivity contribution >= 4 is 11.7 Å². The van der Waals surface area contributed by atoms with Crippen LogP contribution < -0.4 is 5.06 Å². The molecule has 0 radical (unpaired) electrons. The summed E-state index contributed by atoms with van der Waals surface area (Å²) in [7, 11) is 0. The fourth-order valence-corrected chi connectivity index (χ4v) is 4.15. The van der Waals surface area contributed by atoms with Crippen molar-refractivity contribution in [2.75, 3.05) is 18.3 Å². The summed E-state index contributed by atoms with van der Waals surface area (Å²) in [6.45, 7) is 6.45. The van der Waals surface area contributed by atoms with E-state index >= 15 is 0 Å². The molecule has 4 nitrogen and oxygen atoms in total. The molecule has 1 aliphatic rings. The number of halogens is 3. The lowest BCUT2D eigenvalue weighted by Crippen LogP contribution is -2.39. The van der Waals surface area contributed by atoms with Gasteiger partial charge in [-0.1, -0.05) is 49.0 Å². The number of anilines is 1. The van der Waals surface area contributed by atoms with Crippen LogP contribution in [0.3, 0.4) is 0 Å². The molecule has 4 rings (SSSR count). The average Bonchev–Trinajstić information content (AvgIpc) is 2.84. The number of rotatable bonds is 5. The predicted octanol–water partition coefficient (Wildman–Crippen LogP) is 6.72. The second kappa shape index (κ2) is 9.73. The van der Waals surface area contributed by atoms with Crippen LogP contribution in [0.1, 0.15) is 45.9 Å². The Bertz CT molecular complexity index is 1140. The fourth-order valence-electron chi connectivity index (χ4n) is 4.15. The maximum Gasteiger partial charge on any atom is 0.416 e. The van der Waals surface area contributed by atoms with Crippen LogP contribution in [0.15, 0.2) is 91.0 Å². The van der Waals surface area contributed by atoms with E-state index in [2.05, 4.69) is 6.58 Å². The third kappa shape index (κ3) is 4.84. The highest BCUT2D eigenvalue weighted by molar-refractivity contribution is 5.89. The Balaban J connectivity index is 1.77. The van der Waals surface area contributed by atoms with E-state index in [1.807, 2.05) is 30.3 Å². The summed E-state index contributed by atoms with van der Waals surface area (Å²) in [5.74, 6) is -0.653. The van der Waals surface area contributed by atoms with Gasteiger partial charge >= 0.3 is 12.1 Å². The molecule has 3 aromatic carbocycles. The van der Waals surface area contributed by atoms with Crippen LogP contribution in [0.5, 0.6) is 0 Å². The zero-order valence-electron chi connectivity index (χ0n) is 18.6. The summed E-state index contributed by atoms with van der Waals surface area (Å²) in [5.41, 5.74) is 2.79. The van der Waals surface area contributed by atoms with E-state index in [4.69, 9.17) is 9.57 Å². The van der Waals surface area contributed by atoms with Crippen LogP contribution in [-0.2, 0) is 15.8 Å². The lowest BCUT2D eigenvalue weighted by molar-refractivity contribution is -0.137. The van der Waals surface area contributed by atoms with Gasteiger partial charge in [-0.15, -0.1) is 0 Å². The van der Waals surface area contributed by atoms with E-state index in [-0.39, 0.29) is 19.1 Å². The van der Waals surface area contributed by atoms with Crippen molar-refractivity contribution in [3.8, 4) is 0 Å². The van der Waals surface area contributed by atoms with E-state index in [9.17, 15) is 18.0 Å². The highest BCUT2D eigenvalue weighted by atomic mass is 19.4. The Morgan fingerprint density at radius 2 is 1.65 bits per heavy atom. The second-order valence-electron chi connectivity index (χ2n) is 7.98. The molecule has 0 spiro atoms. The van der Waals surface area contributed by atoms with Gasteiger partial charge in [-0.2, -0.15) is 13.2 Å². The summed E-state index contributed by atoms with van der Waals surface area (Å²) >= 11 is 0. The number of hydroxylamine groups is 1. The van der Waals surface area contributed by atoms with Gasteiger partial charge in [0.25, 0.3) is 0 Å². The number of hydrogen-bond donors (Lipinski definition) is 0. The predicted molar refractivity (Wildman–Crippen MR) is 123 cm³/mol. The molecular weight excluding hydrogens is 443 g/mol. The van der Waals surface area contributed by atoms with Gasteiger partial charge in [0.2, 0.25) is 0 Å². The minimum absolute atomic E-state index is 0.226. The molecular formula is C27H24F3NO3. The number of carbonyl (C=O) groups is 1. The van der Waals surface area contributed by atoms with Crippen molar-refractivity contribution in [3.05, 3.63) is 113 Å². The summed E-state index contributed by atoms with van der Waals surface area (Å²) in [5, 5.41) is 1.68. The maximum atomic E-state index is 13.2. The lowest BCUT2D eigenvalue weighted by Gasteiger charge is -2.43. The second-order valence-corrected chi connectivity index (χ2v) is 7.98. The van der Waals surface area contributed by atoms with Crippen molar-refractivity contribution < 1.29 is 27.5 Å². The Kier molecular flexibility index (Phi) is 6.75. The highest BCUT2D eigenvalue weighted by Gasteiger charge is 2.38. The minimum atomic E-state index is -4.42. The summed E-state index contributed by atoms with van der Waals surface area (Å²) in [4.78, 5) is 18.1. The van der Waals surface area contributed by atoms with Crippen LogP contribution in [0.25, 0.3) is 0 Å². The average molecular weight is 467 g/mol. The van der Waals surface area contributed by atoms with Crippen molar-refractivity contribution in [3.63, 3.8) is 0 Å². The van der Waals surface area contributed by atoms with Crippen LogP contribution in [0.4, 0.5) is 18.9 Å². The van der Waals surface area contributed by atoms with Gasteiger partial charge in [0.15, 0.2) is 0 Å². The number of esters is 1. The van der Waals surface area contributed by atoms with E-state index in [0.29, 0.717) is 16.8 Å².